The van der Waals surface area contributed by atoms with E-state index in [1.165, 1.54) is 6.07 Å². The molecule has 4 heterocycles. The van der Waals surface area contributed by atoms with Gasteiger partial charge in [-0.25, -0.2) is 0 Å². The summed E-state index contributed by atoms with van der Waals surface area (Å²) in [5.74, 6) is 0.956. The first-order valence-corrected chi connectivity index (χ1v) is 13.3. The number of nitro benzene ring substituents is 1. The number of aromatic nitrogens is 1. The van der Waals surface area contributed by atoms with Crippen LogP contribution < -0.4 is 20.1 Å². The van der Waals surface area contributed by atoms with Crippen LogP contribution in [0.5, 0.6) is 5.75 Å². The molecule has 0 spiro atoms. The number of hydrogen-bond acceptors (Lipinski definition) is 7. The van der Waals surface area contributed by atoms with Crippen LogP contribution in [0, 0.1) is 16.0 Å². The Hall–Kier alpha value is -4.34. The van der Waals surface area contributed by atoms with Gasteiger partial charge in [-0.1, -0.05) is 18.2 Å². The predicted molar refractivity (Wildman–Crippen MR) is 148 cm³/mol. The zero-order chi connectivity index (χ0) is 27.1. The molecule has 10 heteroatoms. The molecule has 2 unspecified atom stereocenters. The Morgan fingerprint density at radius 3 is 2.49 bits per heavy atom. The molecule has 2 saturated heterocycles. The van der Waals surface area contributed by atoms with Crippen molar-refractivity contribution in [1.82, 2.24) is 9.47 Å². The number of piperazine rings is 1. The summed E-state index contributed by atoms with van der Waals surface area (Å²) in [6.07, 6.45) is 0.963. The molecule has 3 aromatic rings. The fourth-order valence-electron chi connectivity index (χ4n) is 6.39. The Kier molecular flexibility index (Phi) is 6.46. The number of anilines is 2. The van der Waals surface area contributed by atoms with E-state index in [9.17, 15) is 19.7 Å². The number of piperidine rings is 1. The molecule has 6 rings (SSSR count). The molecule has 1 aromatic heterocycles. The molecular formula is C29H31N5O5. The fraction of sp³-hybridized carbons (Fsp3) is 0.379. The molecule has 2 aromatic carbocycles. The average molecular weight is 530 g/mol. The summed E-state index contributed by atoms with van der Waals surface area (Å²) < 4.78 is 7.33. The first kappa shape index (κ1) is 25.0. The highest BCUT2D eigenvalue weighted by Gasteiger charge is 2.37. The van der Waals surface area contributed by atoms with E-state index >= 15 is 0 Å². The van der Waals surface area contributed by atoms with Crippen LogP contribution >= 0.6 is 0 Å². The number of carbonyl (C=O) groups excluding carboxylic acids is 1. The number of nitro groups is 1. The first-order chi connectivity index (χ1) is 18.9. The summed E-state index contributed by atoms with van der Waals surface area (Å²) in [6, 6.07) is 18.0. The van der Waals surface area contributed by atoms with Gasteiger partial charge in [0.2, 0.25) is 0 Å². The van der Waals surface area contributed by atoms with Gasteiger partial charge in [0.1, 0.15) is 11.4 Å². The van der Waals surface area contributed by atoms with Gasteiger partial charge in [0.25, 0.3) is 17.2 Å². The molecule has 0 N–H and O–H groups in total. The Labute approximate surface area is 226 Å². The van der Waals surface area contributed by atoms with Crippen LogP contribution in [-0.2, 0) is 6.54 Å². The van der Waals surface area contributed by atoms with Gasteiger partial charge in [0.05, 0.1) is 17.7 Å². The van der Waals surface area contributed by atoms with Crippen LogP contribution in [0.15, 0.2) is 65.5 Å². The number of amides is 1. The van der Waals surface area contributed by atoms with Crippen molar-refractivity contribution in [1.29, 1.82) is 0 Å². The molecule has 3 aliphatic rings. The quantitative estimate of drug-likeness (QED) is 0.369. The summed E-state index contributed by atoms with van der Waals surface area (Å²) in [5.41, 5.74) is 2.78. The fourth-order valence-corrected chi connectivity index (χ4v) is 6.39. The highest BCUT2D eigenvalue weighted by Crippen LogP contribution is 2.40. The van der Waals surface area contributed by atoms with Crippen molar-refractivity contribution in [2.24, 2.45) is 5.92 Å². The lowest BCUT2D eigenvalue weighted by Gasteiger charge is -2.43. The molecule has 3 aliphatic heterocycles. The third-order valence-electron chi connectivity index (χ3n) is 8.23. The van der Waals surface area contributed by atoms with E-state index in [1.807, 2.05) is 34.9 Å². The van der Waals surface area contributed by atoms with Crippen LogP contribution in [-0.4, -0.2) is 66.7 Å². The van der Waals surface area contributed by atoms with Crippen molar-refractivity contribution in [3.05, 3.63) is 92.4 Å². The number of benzene rings is 2. The minimum Gasteiger partial charge on any atom is -0.495 e. The smallest absolute Gasteiger partial charge is 0.293 e. The normalized spacial score (nSPS) is 20.4. The van der Waals surface area contributed by atoms with E-state index in [2.05, 4.69) is 9.80 Å². The highest BCUT2D eigenvalue weighted by molar-refractivity contribution is 5.96. The third kappa shape index (κ3) is 4.60. The van der Waals surface area contributed by atoms with Crippen LogP contribution in [0.25, 0.3) is 0 Å². The molecule has 39 heavy (non-hydrogen) atoms. The number of carbonyl (C=O) groups is 1. The number of rotatable bonds is 5. The molecule has 2 atom stereocenters. The zero-order valence-electron chi connectivity index (χ0n) is 21.9. The van der Waals surface area contributed by atoms with Gasteiger partial charge in [-0.15, -0.1) is 0 Å². The summed E-state index contributed by atoms with van der Waals surface area (Å²) in [5, 5.41) is 12.2. The minimum atomic E-state index is -0.394. The van der Waals surface area contributed by atoms with E-state index < -0.39 is 4.92 Å². The van der Waals surface area contributed by atoms with Gasteiger partial charge in [-0.3, -0.25) is 19.7 Å². The lowest BCUT2D eigenvalue weighted by atomic mass is 9.83. The number of para-hydroxylation sites is 2. The van der Waals surface area contributed by atoms with Crippen molar-refractivity contribution in [3.8, 4) is 5.75 Å². The van der Waals surface area contributed by atoms with Gasteiger partial charge in [-0.2, -0.15) is 0 Å². The Balaban J connectivity index is 1.19. The lowest BCUT2D eigenvalue weighted by Crippen LogP contribution is -2.49. The Morgan fingerprint density at radius 2 is 1.72 bits per heavy atom. The molecule has 2 bridgehead atoms. The molecule has 1 amide bonds. The Bertz CT molecular complexity index is 1480. The maximum absolute atomic E-state index is 13.4. The van der Waals surface area contributed by atoms with Crippen molar-refractivity contribution in [2.75, 3.05) is 56.2 Å². The van der Waals surface area contributed by atoms with Gasteiger partial charge in [0.15, 0.2) is 0 Å². The number of ether oxygens (including phenoxy) is 1. The standard InChI is InChI=1S/C29H31N5O5/c1-39-27-7-3-2-5-25(27)30-11-13-31(14-12-30)29(36)21-9-10-24(26(16-21)34(37)38)32-17-20-15-22(19-32)23-6-4-8-28(35)33(23)18-20/h2-10,16,20,22H,11-15,17-19H2,1H3. The summed E-state index contributed by atoms with van der Waals surface area (Å²) >= 11 is 0. The molecule has 0 radical (unpaired) electrons. The van der Waals surface area contributed by atoms with E-state index in [0.717, 1.165) is 23.6 Å². The number of pyridine rings is 1. The van der Waals surface area contributed by atoms with Crippen molar-refractivity contribution in [3.63, 3.8) is 0 Å². The average Bonchev–Trinajstić information content (AvgIpc) is 2.97. The van der Waals surface area contributed by atoms with Gasteiger partial charge >= 0.3 is 0 Å². The maximum atomic E-state index is 13.4. The molecule has 202 valence electrons. The summed E-state index contributed by atoms with van der Waals surface area (Å²) in [7, 11) is 1.64. The van der Waals surface area contributed by atoms with Crippen molar-refractivity contribution in [2.45, 2.75) is 18.9 Å². The predicted octanol–water partition coefficient (Wildman–Crippen LogP) is 3.35. The molecular weight excluding hydrogens is 498 g/mol. The number of methoxy groups -OCH3 is 1. The Morgan fingerprint density at radius 1 is 0.923 bits per heavy atom. The second kappa shape index (κ2) is 10.1. The third-order valence-corrected chi connectivity index (χ3v) is 8.23. The SMILES string of the molecule is COc1ccccc1N1CCN(C(=O)c2ccc(N3CC4CC(C3)c3cccc(=O)n3C4)c([N+](=O)[O-])c2)CC1. The number of nitrogens with zero attached hydrogens (tertiary/aromatic N) is 5. The summed E-state index contributed by atoms with van der Waals surface area (Å²) in [4.78, 5) is 43.5. The van der Waals surface area contributed by atoms with E-state index in [1.54, 1.807) is 36.3 Å². The lowest BCUT2D eigenvalue weighted by molar-refractivity contribution is -0.384. The second-order valence-electron chi connectivity index (χ2n) is 10.5. The second-order valence-corrected chi connectivity index (χ2v) is 10.5. The van der Waals surface area contributed by atoms with E-state index in [-0.39, 0.29) is 29.0 Å². The number of hydrogen-bond donors (Lipinski definition) is 0. The molecule has 0 saturated carbocycles. The van der Waals surface area contributed by atoms with Crippen molar-refractivity contribution < 1.29 is 14.5 Å². The van der Waals surface area contributed by atoms with Crippen LogP contribution in [0.4, 0.5) is 17.1 Å². The first-order valence-electron chi connectivity index (χ1n) is 13.3. The van der Waals surface area contributed by atoms with Gasteiger partial charge in [0, 0.05) is 75.1 Å². The topological polar surface area (TPSA) is 101 Å². The minimum absolute atomic E-state index is 0.00763. The number of fused-ring (bicyclic) bond motifs is 4. The highest BCUT2D eigenvalue weighted by atomic mass is 16.6. The monoisotopic (exact) mass is 529 g/mol. The molecule has 0 aliphatic carbocycles. The maximum Gasteiger partial charge on any atom is 0.293 e. The van der Waals surface area contributed by atoms with Crippen LogP contribution in [0.2, 0.25) is 0 Å². The summed E-state index contributed by atoms with van der Waals surface area (Å²) in [6.45, 7) is 4.17. The van der Waals surface area contributed by atoms with Gasteiger partial charge < -0.3 is 24.0 Å². The van der Waals surface area contributed by atoms with Crippen LogP contribution in [0.1, 0.15) is 28.4 Å². The van der Waals surface area contributed by atoms with Crippen LogP contribution in [0.3, 0.4) is 0 Å². The zero-order valence-corrected chi connectivity index (χ0v) is 21.9. The largest absolute Gasteiger partial charge is 0.495 e. The molecule has 10 nitrogen and oxygen atoms in total. The van der Waals surface area contributed by atoms with E-state index in [4.69, 9.17) is 4.74 Å². The molecule has 2 fully saturated rings. The van der Waals surface area contributed by atoms with Crippen molar-refractivity contribution >= 4 is 23.0 Å². The van der Waals surface area contributed by atoms with Gasteiger partial charge in [-0.05, 0) is 42.7 Å². The van der Waals surface area contributed by atoms with E-state index in [0.29, 0.717) is 57.1 Å².